The van der Waals surface area contributed by atoms with Crippen LogP contribution in [-0.4, -0.2) is 21.9 Å². The average Bonchev–Trinajstić information content (AvgIpc) is 2.93. The average molecular weight is 537 g/mol. The minimum Gasteiger partial charge on any atom is -0.483 e. The number of halogens is 3. The van der Waals surface area contributed by atoms with E-state index in [0.717, 1.165) is 12.1 Å². The van der Waals surface area contributed by atoms with E-state index in [1.165, 1.54) is 12.1 Å². The van der Waals surface area contributed by atoms with Gasteiger partial charge in [0.25, 0.3) is 0 Å². The van der Waals surface area contributed by atoms with Gasteiger partial charge in [0, 0.05) is 38.2 Å². The van der Waals surface area contributed by atoms with Crippen LogP contribution in [0.4, 0.5) is 13.2 Å². The molecule has 1 unspecified atom stereocenters. The van der Waals surface area contributed by atoms with Gasteiger partial charge in [-0.15, -0.1) is 0 Å². The third-order valence-corrected chi connectivity index (χ3v) is 3.77. The first kappa shape index (κ1) is 22.3. The van der Waals surface area contributed by atoms with Crippen LogP contribution in [0.3, 0.4) is 0 Å². The number of nitrogens with zero attached hydrogens (tertiary/aromatic N) is 2. The topological polar surface area (TPSA) is 44.1 Å². The Kier molecular flexibility index (Phi) is 7.11. The van der Waals surface area contributed by atoms with Gasteiger partial charge in [-0.05, 0) is 17.7 Å². The number of rotatable bonds is 4. The molecule has 1 atom stereocenters. The van der Waals surface area contributed by atoms with Crippen molar-refractivity contribution in [3.63, 3.8) is 0 Å². The number of alkyl halides is 3. The number of hydrogen-bond acceptors (Lipinski definition) is 3. The summed E-state index contributed by atoms with van der Waals surface area (Å²) in [6.45, 7) is 9.35. The number of benzene rings is 1. The number of carbonyl (C=O) groups is 1. The zero-order chi connectivity index (χ0) is 18.8. The normalized spacial score (nSPS) is 13.0. The maximum Gasteiger partial charge on any atom is 0.416 e. The molecular formula is C18H20F3N2O2W-. The molecule has 142 valence electrons. The number of ether oxygens (including phenoxy) is 1. The molecule has 0 aliphatic carbocycles. The molecule has 1 heterocycles. The SMILES string of the molecule is [CH2-]C(=O)OC(Cn1cc(-c2ccc(C(F)(F)F)cc2)cn1)C(C)(C)C.[W]. The minimum absolute atomic E-state index is 0. The van der Waals surface area contributed by atoms with E-state index in [0.29, 0.717) is 17.7 Å². The van der Waals surface area contributed by atoms with Crippen molar-refractivity contribution >= 4 is 5.97 Å². The molecule has 8 heteroatoms. The van der Waals surface area contributed by atoms with Gasteiger partial charge in [-0.2, -0.15) is 18.3 Å². The van der Waals surface area contributed by atoms with E-state index < -0.39 is 23.8 Å². The minimum atomic E-state index is -4.36. The van der Waals surface area contributed by atoms with Crippen molar-refractivity contribution in [3.8, 4) is 11.1 Å². The second-order valence-corrected chi connectivity index (χ2v) is 6.87. The van der Waals surface area contributed by atoms with Crippen LogP contribution >= 0.6 is 0 Å². The Morgan fingerprint density at radius 1 is 1.19 bits per heavy atom. The summed E-state index contributed by atoms with van der Waals surface area (Å²) in [7, 11) is 0. The van der Waals surface area contributed by atoms with Crippen molar-refractivity contribution < 1.29 is 43.8 Å². The Morgan fingerprint density at radius 3 is 2.23 bits per heavy atom. The maximum absolute atomic E-state index is 12.6. The van der Waals surface area contributed by atoms with Gasteiger partial charge in [0.05, 0.1) is 18.3 Å². The number of esters is 1. The molecule has 2 aromatic rings. The zero-order valence-corrected chi connectivity index (χ0v) is 17.6. The predicted molar refractivity (Wildman–Crippen MR) is 87.4 cm³/mol. The summed E-state index contributed by atoms with van der Waals surface area (Å²) < 4.78 is 44.7. The van der Waals surface area contributed by atoms with Crippen LogP contribution in [0, 0.1) is 12.3 Å². The first-order valence-electron chi connectivity index (χ1n) is 7.69. The Hall–Kier alpha value is -1.75. The van der Waals surface area contributed by atoms with Crippen molar-refractivity contribution in [3.05, 3.63) is 49.1 Å². The molecule has 0 aliphatic rings. The third-order valence-electron chi connectivity index (χ3n) is 3.77. The van der Waals surface area contributed by atoms with Crippen LogP contribution in [0.5, 0.6) is 0 Å². The number of carbonyl (C=O) groups excluding carboxylic acids is 1. The molecule has 4 nitrogen and oxygen atoms in total. The Morgan fingerprint density at radius 2 is 1.77 bits per heavy atom. The molecule has 0 saturated carbocycles. The maximum atomic E-state index is 12.6. The van der Waals surface area contributed by atoms with E-state index in [2.05, 4.69) is 12.0 Å². The van der Waals surface area contributed by atoms with Crippen molar-refractivity contribution in [1.82, 2.24) is 9.78 Å². The number of hydrogen-bond donors (Lipinski definition) is 0. The van der Waals surface area contributed by atoms with E-state index >= 15 is 0 Å². The molecule has 0 amide bonds. The molecule has 0 radical (unpaired) electrons. The fourth-order valence-corrected chi connectivity index (χ4v) is 2.28. The van der Waals surface area contributed by atoms with Crippen LogP contribution in [0.15, 0.2) is 36.7 Å². The summed E-state index contributed by atoms with van der Waals surface area (Å²) in [5.41, 5.74) is 0.301. The molecule has 1 aromatic heterocycles. The molecule has 0 aliphatic heterocycles. The van der Waals surface area contributed by atoms with E-state index in [-0.39, 0.29) is 26.5 Å². The van der Waals surface area contributed by atoms with E-state index in [4.69, 9.17) is 4.74 Å². The summed E-state index contributed by atoms with van der Waals surface area (Å²) in [6.07, 6.45) is -1.52. The van der Waals surface area contributed by atoms with Gasteiger partial charge in [0.15, 0.2) is 5.97 Å². The summed E-state index contributed by atoms with van der Waals surface area (Å²) in [5, 5.41) is 4.21. The molecule has 0 N–H and O–H groups in total. The predicted octanol–water partition coefficient (Wildman–Crippen LogP) is 4.36. The fraction of sp³-hybridized carbons (Fsp3) is 0.389. The molecular weight excluding hydrogens is 517 g/mol. The van der Waals surface area contributed by atoms with Gasteiger partial charge in [-0.25, -0.2) is 0 Å². The van der Waals surface area contributed by atoms with Crippen molar-refractivity contribution in [2.24, 2.45) is 5.41 Å². The fourth-order valence-electron chi connectivity index (χ4n) is 2.28. The molecule has 0 fully saturated rings. The first-order valence-corrected chi connectivity index (χ1v) is 7.69. The van der Waals surface area contributed by atoms with Crippen LogP contribution in [0.1, 0.15) is 26.3 Å². The quantitative estimate of drug-likeness (QED) is 0.431. The number of aromatic nitrogens is 2. The first-order chi connectivity index (χ1) is 11.5. The third kappa shape index (κ3) is 5.90. The molecule has 0 spiro atoms. The van der Waals surface area contributed by atoms with Crippen molar-refractivity contribution in [2.75, 3.05) is 0 Å². The van der Waals surface area contributed by atoms with Gasteiger partial charge in [-0.3, -0.25) is 16.4 Å². The largest absolute Gasteiger partial charge is 0.483 e. The van der Waals surface area contributed by atoms with E-state index in [1.54, 1.807) is 17.1 Å². The van der Waals surface area contributed by atoms with E-state index in [1.807, 2.05) is 20.8 Å². The van der Waals surface area contributed by atoms with Gasteiger partial charge in [0.2, 0.25) is 0 Å². The zero-order valence-electron chi connectivity index (χ0n) is 14.7. The van der Waals surface area contributed by atoms with Gasteiger partial charge in [0.1, 0.15) is 6.10 Å². The summed E-state index contributed by atoms with van der Waals surface area (Å²) in [6, 6.07) is 4.88. The molecule has 26 heavy (non-hydrogen) atoms. The standard InChI is InChI=1S/C18H20F3N2O2.W/c1-12(24)25-16(17(2,3)4)11-23-10-14(9-22-23)13-5-7-15(8-6-13)18(19,20)21;/h5-10,16H,1,11H2,2-4H3;/q-1;. The van der Waals surface area contributed by atoms with Crippen LogP contribution in [-0.2, 0) is 43.3 Å². The Bertz CT molecular complexity index is 734. The molecule has 0 bridgehead atoms. The van der Waals surface area contributed by atoms with Crippen LogP contribution in [0.2, 0.25) is 0 Å². The monoisotopic (exact) mass is 537 g/mol. The van der Waals surface area contributed by atoms with Crippen LogP contribution in [0.25, 0.3) is 11.1 Å². The summed E-state index contributed by atoms with van der Waals surface area (Å²) in [5.74, 6) is -0.616. The Labute approximate surface area is 165 Å². The van der Waals surface area contributed by atoms with Crippen molar-refractivity contribution in [2.45, 2.75) is 39.6 Å². The van der Waals surface area contributed by atoms with Gasteiger partial charge in [-0.1, -0.05) is 32.9 Å². The molecule has 1 aromatic carbocycles. The smallest absolute Gasteiger partial charge is 0.416 e. The molecule has 0 saturated heterocycles. The van der Waals surface area contributed by atoms with Crippen molar-refractivity contribution in [1.29, 1.82) is 0 Å². The van der Waals surface area contributed by atoms with E-state index in [9.17, 15) is 18.0 Å². The Balaban J connectivity index is 0.00000338. The molecule has 2 rings (SSSR count). The van der Waals surface area contributed by atoms with Gasteiger partial charge < -0.3 is 4.74 Å². The van der Waals surface area contributed by atoms with Gasteiger partial charge >= 0.3 is 6.18 Å². The second kappa shape index (κ2) is 8.29. The summed E-state index contributed by atoms with van der Waals surface area (Å²) in [4.78, 5) is 11.2. The second-order valence-electron chi connectivity index (χ2n) is 6.87. The summed E-state index contributed by atoms with van der Waals surface area (Å²) >= 11 is 0. The van der Waals surface area contributed by atoms with Crippen LogP contribution < -0.4 is 0 Å².